The summed E-state index contributed by atoms with van der Waals surface area (Å²) in [5.41, 5.74) is 2.22. The third-order valence-corrected chi connectivity index (χ3v) is 3.37. The standard InChI is InChI=1S/C15H11ClN2O/c1-10-13-4-2-3-5-14(13)17-15(18(10)19)11-6-8-12(16)9-7-11/h2-9H,1H3. The summed E-state index contributed by atoms with van der Waals surface area (Å²) in [5, 5.41) is 13.8. The lowest BCUT2D eigenvalue weighted by Crippen LogP contribution is -2.34. The predicted octanol–water partition coefficient (Wildman–Crippen LogP) is 3.50. The molecule has 0 unspecified atom stereocenters. The second kappa shape index (κ2) is 4.52. The number of aromatic nitrogens is 2. The van der Waals surface area contributed by atoms with Crippen LogP contribution in [0, 0.1) is 12.1 Å². The zero-order chi connectivity index (χ0) is 13.4. The number of para-hydroxylation sites is 1. The van der Waals surface area contributed by atoms with Gasteiger partial charge in [-0.1, -0.05) is 23.7 Å². The molecular weight excluding hydrogens is 260 g/mol. The number of fused-ring (bicyclic) bond motifs is 1. The van der Waals surface area contributed by atoms with Gasteiger partial charge < -0.3 is 5.21 Å². The maximum Gasteiger partial charge on any atom is 0.334 e. The summed E-state index contributed by atoms with van der Waals surface area (Å²) in [7, 11) is 0. The maximum absolute atomic E-state index is 12.3. The van der Waals surface area contributed by atoms with Crippen LogP contribution in [-0.4, -0.2) is 4.98 Å². The summed E-state index contributed by atoms with van der Waals surface area (Å²) in [4.78, 5) is 4.44. The van der Waals surface area contributed by atoms with Crippen molar-refractivity contribution in [2.45, 2.75) is 6.92 Å². The van der Waals surface area contributed by atoms with E-state index in [1.165, 1.54) is 0 Å². The Hall–Kier alpha value is -2.13. The van der Waals surface area contributed by atoms with Crippen LogP contribution in [-0.2, 0) is 0 Å². The molecule has 0 aliphatic carbocycles. The third kappa shape index (κ3) is 2.02. The van der Waals surface area contributed by atoms with Gasteiger partial charge in [-0.2, -0.15) is 0 Å². The predicted molar refractivity (Wildman–Crippen MR) is 75.9 cm³/mol. The highest BCUT2D eigenvalue weighted by Crippen LogP contribution is 2.21. The summed E-state index contributed by atoms with van der Waals surface area (Å²) in [6.45, 7) is 1.80. The number of aryl methyl sites for hydroxylation is 1. The Kier molecular flexibility index (Phi) is 2.84. The first-order valence-electron chi connectivity index (χ1n) is 5.91. The number of hydrogen-bond donors (Lipinski definition) is 0. The highest BCUT2D eigenvalue weighted by Gasteiger charge is 2.16. The Morgan fingerprint density at radius 1 is 1.05 bits per heavy atom. The molecule has 3 nitrogen and oxygen atoms in total. The third-order valence-electron chi connectivity index (χ3n) is 3.12. The van der Waals surface area contributed by atoms with Crippen LogP contribution < -0.4 is 4.73 Å². The van der Waals surface area contributed by atoms with E-state index in [0.717, 1.165) is 21.2 Å². The molecule has 0 saturated carbocycles. The molecule has 0 radical (unpaired) electrons. The molecular formula is C15H11ClN2O. The van der Waals surface area contributed by atoms with Crippen molar-refractivity contribution in [3.8, 4) is 11.4 Å². The van der Waals surface area contributed by atoms with E-state index in [9.17, 15) is 5.21 Å². The quantitative estimate of drug-likeness (QED) is 0.501. The Morgan fingerprint density at radius 3 is 2.47 bits per heavy atom. The van der Waals surface area contributed by atoms with Crippen LogP contribution in [0.3, 0.4) is 0 Å². The molecule has 0 amide bonds. The first kappa shape index (κ1) is 11.9. The van der Waals surface area contributed by atoms with Gasteiger partial charge in [-0.15, -0.1) is 0 Å². The van der Waals surface area contributed by atoms with Crippen LogP contribution in [0.1, 0.15) is 5.69 Å². The van der Waals surface area contributed by atoms with Crippen LogP contribution in [0.2, 0.25) is 5.02 Å². The molecule has 0 N–H and O–H groups in total. The highest BCUT2D eigenvalue weighted by atomic mass is 35.5. The second-order valence-corrected chi connectivity index (χ2v) is 4.78. The van der Waals surface area contributed by atoms with Crippen molar-refractivity contribution in [2.24, 2.45) is 0 Å². The molecule has 19 heavy (non-hydrogen) atoms. The molecule has 4 heteroatoms. The molecule has 0 bridgehead atoms. The van der Waals surface area contributed by atoms with E-state index in [4.69, 9.17) is 11.6 Å². The SMILES string of the molecule is Cc1c2ccccc2nc(-c2ccc(Cl)cc2)[n+]1[O-]. The number of benzene rings is 2. The van der Waals surface area contributed by atoms with E-state index >= 15 is 0 Å². The van der Waals surface area contributed by atoms with E-state index in [1.807, 2.05) is 24.3 Å². The lowest BCUT2D eigenvalue weighted by atomic mass is 10.1. The monoisotopic (exact) mass is 270 g/mol. The average Bonchev–Trinajstić information content (AvgIpc) is 2.44. The molecule has 0 spiro atoms. The number of halogens is 1. The second-order valence-electron chi connectivity index (χ2n) is 4.34. The van der Waals surface area contributed by atoms with Gasteiger partial charge in [0.05, 0.1) is 10.9 Å². The minimum absolute atomic E-state index is 0.396. The van der Waals surface area contributed by atoms with Crippen molar-refractivity contribution in [1.29, 1.82) is 0 Å². The van der Waals surface area contributed by atoms with Crippen molar-refractivity contribution < 1.29 is 4.73 Å². The Labute approximate surface area is 115 Å². The van der Waals surface area contributed by atoms with Gasteiger partial charge in [0.2, 0.25) is 0 Å². The van der Waals surface area contributed by atoms with Crippen LogP contribution in [0.25, 0.3) is 22.3 Å². The molecule has 3 aromatic rings. The molecule has 1 heterocycles. The van der Waals surface area contributed by atoms with Crippen molar-refractivity contribution >= 4 is 22.5 Å². The number of hydrogen-bond acceptors (Lipinski definition) is 2. The van der Waals surface area contributed by atoms with E-state index in [2.05, 4.69) is 4.98 Å². The maximum atomic E-state index is 12.3. The van der Waals surface area contributed by atoms with Crippen molar-refractivity contribution in [3.63, 3.8) is 0 Å². The highest BCUT2D eigenvalue weighted by molar-refractivity contribution is 6.30. The van der Waals surface area contributed by atoms with E-state index in [0.29, 0.717) is 16.5 Å². The molecule has 3 rings (SSSR count). The van der Waals surface area contributed by atoms with Crippen molar-refractivity contribution in [3.05, 3.63) is 64.5 Å². The molecule has 1 aromatic heterocycles. The average molecular weight is 271 g/mol. The van der Waals surface area contributed by atoms with E-state index < -0.39 is 0 Å². The van der Waals surface area contributed by atoms with Gasteiger partial charge in [-0.25, -0.2) is 4.73 Å². The first-order valence-corrected chi connectivity index (χ1v) is 6.29. The normalized spacial score (nSPS) is 10.8. The fourth-order valence-corrected chi connectivity index (χ4v) is 2.21. The van der Waals surface area contributed by atoms with Gasteiger partial charge in [-0.05, 0) is 48.3 Å². The molecule has 0 aliphatic heterocycles. The lowest BCUT2D eigenvalue weighted by Gasteiger charge is -2.11. The van der Waals surface area contributed by atoms with Gasteiger partial charge in [0, 0.05) is 5.02 Å². The van der Waals surface area contributed by atoms with Gasteiger partial charge in [0.25, 0.3) is 0 Å². The van der Waals surface area contributed by atoms with E-state index in [-0.39, 0.29) is 0 Å². The van der Waals surface area contributed by atoms with Crippen LogP contribution >= 0.6 is 11.6 Å². The van der Waals surface area contributed by atoms with Gasteiger partial charge >= 0.3 is 5.82 Å². The Balaban J connectivity index is 2.29. The smallest absolute Gasteiger partial charge is 0.334 e. The molecule has 94 valence electrons. The van der Waals surface area contributed by atoms with Gasteiger partial charge in [0.15, 0.2) is 5.52 Å². The van der Waals surface area contributed by atoms with Crippen LogP contribution in [0.5, 0.6) is 0 Å². The van der Waals surface area contributed by atoms with Crippen LogP contribution in [0.4, 0.5) is 0 Å². The molecule has 0 aliphatic rings. The lowest BCUT2D eigenvalue weighted by molar-refractivity contribution is -0.601. The molecule has 0 atom stereocenters. The zero-order valence-corrected chi connectivity index (χ0v) is 11.1. The molecule has 0 fully saturated rings. The summed E-state index contributed by atoms with van der Waals surface area (Å²) < 4.78 is 0.867. The summed E-state index contributed by atoms with van der Waals surface area (Å²) in [6.07, 6.45) is 0. The van der Waals surface area contributed by atoms with Gasteiger partial charge in [0.1, 0.15) is 5.69 Å². The minimum Gasteiger partial charge on any atom is -0.710 e. The summed E-state index contributed by atoms with van der Waals surface area (Å²) in [5.74, 6) is 0.396. The van der Waals surface area contributed by atoms with Crippen molar-refractivity contribution in [2.75, 3.05) is 0 Å². The topological polar surface area (TPSA) is 39.8 Å². The molecule has 0 saturated heterocycles. The number of nitrogens with zero attached hydrogens (tertiary/aromatic N) is 2. The summed E-state index contributed by atoms with van der Waals surface area (Å²) in [6, 6.07) is 14.7. The Morgan fingerprint density at radius 2 is 1.74 bits per heavy atom. The largest absolute Gasteiger partial charge is 0.710 e. The van der Waals surface area contributed by atoms with Crippen molar-refractivity contribution in [1.82, 2.24) is 4.98 Å². The zero-order valence-electron chi connectivity index (χ0n) is 10.3. The first-order chi connectivity index (χ1) is 9.16. The fourth-order valence-electron chi connectivity index (χ4n) is 2.09. The van der Waals surface area contributed by atoms with E-state index in [1.54, 1.807) is 31.2 Å². The Bertz CT molecular complexity index is 754. The molecule has 2 aromatic carbocycles. The van der Waals surface area contributed by atoms with Gasteiger partial charge in [-0.3, -0.25) is 0 Å². The fraction of sp³-hybridized carbons (Fsp3) is 0.0667. The summed E-state index contributed by atoms with van der Waals surface area (Å²) >= 11 is 5.86. The number of rotatable bonds is 1. The van der Waals surface area contributed by atoms with Crippen LogP contribution in [0.15, 0.2) is 48.5 Å². The minimum atomic E-state index is 0.396.